The number of carbonyl (C=O) groups excluding carboxylic acids is 1. The van der Waals surface area contributed by atoms with Gasteiger partial charge in [-0.3, -0.25) is 4.79 Å². The van der Waals surface area contributed by atoms with E-state index in [-0.39, 0.29) is 5.41 Å². The molecule has 3 heteroatoms. The smallest absolute Gasteiger partial charge is 0.230 e. The summed E-state index contributed by atoms with van der Waals surface area (Å²) in [6, 6.07) is 0.414. The van der Waals surface area contributed by atoms with E-state index in [2.05, 4.69) is 31.0 Å². The maximum absolute atomic E-state index is 12.9. The zero-order chi connectivity index (χ0) is 13.2. The number of hydrogen-bond acceptors (Lipinski definition) is 2. The van der Waals surface area contributed by atoms with E-state index in [1.165, 1.54) is 12.8 Å². The Bertz CT molecular complexity index is 297. The van der Waals surface area contributed by atoms with Crippen molar-refractivity contribution in [3.05, 3.63) is 0 Å². The molecule has 3 nitrogen and oxygen atoms in total. The summed E-state index contributed by atoms with van der Waals surface area (Å²) in [5.74, 6) is 1.06. The molecule has 1 N–H and O–H groups in total. The van der Waals surface area contributed by atoms with Gasteiger partial charge < -0.3 is 10.2 Å². The molecule has 3 atom stereocenters. The van der Waals surface area contributed by atoms with Crippen LogP contribution in [0.25, 0.3) is 0 Å². The van der Waals surface area contributed by atoms with Crippen LogP contribution in [0.5, 0.6) is 0 Å². The Kier molecular flexibility index (Phi) is 4.31. The van der Waals surface area contributed by atoms with E-state index in [9.17, 15) is 4.79 Å². The minimum Gasteiger partial charge on any atom is -0.339 e. The SMILES string of the molecule is CCC1(C(=O)N2CCCC(C)C2C)CCCNC1. The summed E-state index contributed by atoms with van der Waals surface area (Å²) in [6.07, 6.45) is 5.60. The lowest BCUT2D eigenvalue weighted by Gasteiger charge is -2.45. The molecule has 0 spiro atoms. The van der Waals surface area contributed by atoms with Gasteiger partial charge in [0.25, 0.3) is 0 Å². The minimum absolute atomic E-state index is 0.121. The number of piperidine rings is 2. The van der Waals surface area contributed by atoms with Gasteiger partial charge in [0.05, 0.1) is 5.41 Å². The first kappa shape index (κ1) is 13.9. The molecule has 2 saturated heterocycles. The van der Waals surface area contributed by atoms with Crippen LogP contribution in [-0.2, 0) is 4.79 Å². The number of amides is 1. The number of carbonyl (C=O) groups is 1. The molecule has 0 radical (unpaired) electrons. The molecule has 0 aromatic carbocycles. The predicted molar refractivity (Wildman–Crippen MR) is 74.4 cm³/mol. The predicted octanol–water partition coefficient (Wildman–Crippen LogP) is 2.41. The average molecular weight is 252 g/mol. The Labute approximate surface area is 111 Å². The van der Waals surface area contributed by atoms with E-state index >= 15 is 0 Å². The molecule has 2 aliphatic rings. The van der Waals surface area contributed by atoms with Crippen molar-refractivity contribution in [2.45, 2.75) is 58.9 Å². The summed E-state index contributed by atoms with van der Waals surface area (Å²) in [5, 5.41) is 3.43. The molecule has 2 rings (SSSR count). The molecular formula is C15H28N2O. The fourth-order valence-corrected chi connectivity index (χ4v) is 3.53. The molecule has 0 aromatic rings. The second-order valence-corrected chi connectivity index (χ2v) is 6.27. The van der Waals surface area contributed by atoms with Crippen molar-refractivity contribution in [2.75, 3.05) is 19.6 Å². The van der Waals surface area contributed by atoms with Crippen molar-refractivity contribution in [1.29, 1.82) is 0 Å². The Hall–Kier alpha value is -0.570. The van der Waals surface area contributed by atoms with Crippen LogP contribution >= 0.6 is 0 Å². The molecule has 2 fully saturated rings. The van der Waals surface area contributed by atoms with Gasteiger partial charge in [0.2, 0.25) is 5.91 Å². The van der Waals surface area contributed by atoms with Gasteiger partial charge in [-0.2, -0.15) is 0 Å². The number of nitrogens with zero attached hydrogens (tertiary/aromatic N) is 1. The Morgan fingerprint density at radius 3 is 2.78 bits per heavy atom. The quantitative estimate of drug-likeness (QED) is 0.818. The number of likely N-dealkylation sites (tertiary alicyclic amines) is 1. The lowest BCUT2D eigenvalue weighted by atomic mass is 9.76. The summed E-state index contributed by atoms with van der Waals surface area (Å²) >= 11 is 0. The lowest BCUT2D eigenvalue weighted by molar-refractivity contribution is -0.148. The highest BCUT2D eigenvalue weighted by molar-refractivity contribution is 5.83. The summed E-state index contributed by atoms with van der Waals surface area (Å²) in [4.78, 5) is 15.1. The maximum Gasteiger partial charge on any atom is 0.230 e. The fraction of sp³-hybridized carbons (Fsp3) is 0.933. The molecule has 0 saturated carbocycles. The minimum atomic E-state index is -0.121. The molecule has 18 heavy (non-hydrogen) atoms. The van der Waals surface area contributed by atoms with Gasteiger partial charge >= 0.3 is 0 Å². The number of hydrogen-bond donors (Lipinski definition) is 1. The summed E-state index contributed by atoms with van der Waals surface area (Å²) in [5.41, 5.74) is -0.121. The number of nitrogens with one attached hydrogen (secondary N) is 1. The third-order valence-corrected chi connectivity index (χ3v) is 5.24. The zero-order valence-electron chi connectivity index (χ0n) is 12.2. The van der Waals surface area contributed by atoms with Crippen molar-refractivity contribution in [2.24, 2.45) is 11.3 Å². The van der Waals surface area contributed by atoms with Crippen LogP contribution in [0.4, 0.5) is 0 Å². The molecule has 104 valence electrons. The molecule has 1 amide bonds. The van der Waals surface area contributed by atoms with E-state index in [1.54, 1.807) is 0 Å². The van der Waals surface area contributed by atoms with Crippen molar-refractivity contribution >= 4 is 5.91 Å². The van der Waals surface area contributed by atoms with Crippen molar-refractivity contribution in [3.63, 3.8) is 0 Å². The molecule has 0 bridgehead atoms. The zero-order valence-corrected chi connectivity index (χ0v) is 12.2. The second-order valence-electron chi connectivity index (χ2n) is 6.27. The highest BCUT2D eigenvalue weighted by Crippen LogP contribution is 2.35. The van der Waals surface area contributed by atoms with Crippen LogP contribution in [0, 0.1) is 11.3 Å². The van der Waals surface area contributed by atoms with Crippen LogP contribution in [0.3, 0.4) is 0 Å². The Morgan fingerprint density at radius 2 is 2.17 bits per heavy atom. The third kappa shape index (κ3) is 2.42. The normalized spacial score (nSPS) is 37.6. The lowest BCUT2D eigenvalue weighted by Crippen LogP contribution is -2.56. The van der Waals surface area contributed by atoms with Crippen LogP contribution < -0.4 is 5.32 Å². The fourth-order valence-electron chi connectivity index (χ4n) is 3.53. The first-order valence-electron chi connectivity index (χ1n) is 7.62. The van der Waals surface area contributed by atoms with Gasteiger partial charge in [-0.05, 0) is 51.5 Å². The van der Waals surface area contributed by atoms with E-state index in [1.807, 2.05) is 0 Å². The molecular weight excluding hydrogens is 224 g/mol. The van der Waals surface area contributed by atoms with Crippen LogP contribution in [-0.4, -0.2) is 36.5 Å². The molecule has 2 aliphatic heterocycles. The van der Waals surface area contributed by atoms with Crippen LogP contribution in [0.15, 0.2) is 0 Å². The van der Waals surface area contributed by atoms with E-state index in [4.69, 9.17) is 0 Å². The van der Waals surface area contributed by atoms with Crippen LogP contribution in [0.1, 0.15) is 52.9 Å². The van der Waals surface area contributed by atoms with Gasteiger partial charge in [-0.25, -0.2) is 0 Å². The third-order valence-electron chi connectivity index (χ3n) is 5.24. The monoisotopic (exact) mass is 252 g/mol. The second kappa shape index (κ2) is 5.60. The highest BCUT2D eigenvalue weighted by Gasteiger charge is 2.43. The highest BCUT2D eigenvalue weighted by atomic mass is 16.2. The van der Waals surface area contributed by atoms with Gasteiger partial charge in [0.15, 0.2) is 0 Å². The van der Waals surface area contributed by atoms with Gasteiger partial charge in [-0.1, -0.05) is 13.8 Å². The first-order valence-corrected chi connectivity index (χ1v) is 7.62. The molecule has 2 heterocycles. The Morgan fingerprint density at radius 1 is 1.39 bits per heavy atom. The van der Waals surface area contributed by atoms with E-state index < -0.39 is 0 Å². The molecule has 0 aliphatic carbocycles. The molecule has 0 aromatic heterocycles. The van der Waals surface area contributed by atoms with Gasteiger partial charge in [0, 0.05) is 19.1 Å². The van der Waals surface area contributed by atoms with E-state index in [0.29, 0.717) is 17.9 Å². The summed E-state index contributed by atoms with van der Waals surface area (Å²) < 4.78 is 0. The molecule has 3 unspecified atom stereocenters. The Balaban J connectivity index is 2.12. The topological polar surface area (TPSA) is 32.3 Å². The summed E-state index contributed by atoms with van der Waals surface area (Å²) in [7, 11) is 0. The largest absolute Gasteiger partial charge is 0.339 e. The number of rotatable bonds is 2. The van der Waals surface area contributed by atoms with Crippen LogP contribution in [0.2, 0.25) is 0 Å². The van der Waals surface area contributed by atoms with Crippen molar-refractivity contribution < 1.29 is 4.79 Å². The average Bonchev–Trinajstić information content (AvgIpc) is 2.42. The first-order chi connectivity index (χ1) is 8.60. The van der Waals surface area contributed by atoms with Gasteiger partial charge in [-0.15, -0.1) is 0 Å². The summed E-state index contributed by atoms with van der Waals surface area (Å²) in [6.45, 7) is 9.58. The maximum atomic E-state index is 12.9. The van der Waals surface area contributed by atoms with Crippen molar-refractivity contribution in [1.82, 2.24) is 10.2 Å². The van der Waals surface area contributed by atoms with Gasteiger partial charge in [0.1, 0.15) is 0 Å². The van der Waals surface area contributed by atoms with E-state index in [0.717, 1.165) is 38.9 Å². The van der Waals surface area contributed by atoms with Crippen molar-refractivity contribution in [3.8, 4) is 0 Å². The standard InChI is InChI=1S/C15H28N2O/c1-4-15(8-6-9-16-11-15)14(18)17-10-5-7-12(2)13(17)3/h12-13,16H,4-11H2,1-3H3.